The van der Waals surface area contributed by atoms with Crippen molar-refractivity contribution in [2.24, 2.45) is 5.41 Å². The fourth-order valence-electron chi connectivity index (χ4n) is 2.14. The monoisotopic (exact) mass is 234 g/mol. The molecule has 4 heteroatoms. The van der Waals surface area contributed by atoms with E-state index >= 15 is 0 Å². The number of esters is 1. The lowest BCUT2D eigenvalue weighted by molar-refractivity contribution is -0.144. The molecule has 0 amide bonds. The minimum Gasteiger partial charge on any atom is -0.472 e. The molecule has 0 bridgehead atoms. The van der Waals surface area contributed by atoms with Crippen molar-refractivity contribution in [3.05, 3.63) is 35.3 Å². The molecule has 1 aromatic heterocycles. The van der Waals surface area contributed by atoms with E-state index in [0.29, 0.717) is 12.0 Å². The van der Waals surface area contributed by atoms with Gasteiger partial charge in [0.25, 0.3) is 0 Å². The quantitative estimate of drug-likeness (QED) is 0.348. The second kappa shape index (κ2) is 3.87. The van der Waals surface area contributed by atoms with Gasteiger partial charge in [-0.3, -0.25) is 9.59 Å². The number of ether oxygens (including phenoxy) is 1. The van der Waals surface area contributed by atoms with Crippen LogP contribution in [0.4, 0.5) is 0 Å². The van der Waals surface area contributed by atoms with Crippen LogP contribution in [0.1, 0.15) is 30.6 Å². The summed E-state index contributed by atoms with van der Waals surface area (Å²) in [4.78, 5) is 24.1. The van der Waals surface area contributed by atoms with Crippen LogP contribution in [0.5, 0.6) is 0 Å². The Morgan fingerprint density at radius 1 is 1.41 bits per heavy atom. The number of rotatable bonds is 3. The number of hydrogen-bond acceptors (Lipinski definition) is 4. The highest BCUT2D eigenvalue weighted by Crippen LogP contribution is 2.56. The summed E-state index contributed by atoms with van der Waals surface area (Å²) in [6.45, 7) is 3.78. The highest BCUT2D eigenvalue weighted by molar-refractivity contribution is 6.19. The molecule has 0 N–H and O–H groups in total. The van der Waals surface area contributed by atoms with Crippen LogP contribution in [0.15, 0.2) is 34.2 Å². The summed E-state index contributed by atoms with van der Waals surface area (Å²) in [5.41, 5.74) is 1.16. The van der Waals surface area contributed by atoms with Gasteiger partial charge in [-0.05, 0) is 31.9 Å². The SMILES string of the molecule is COC(=O)C1(C(=O)c2ccoc2)CC1=C(C)C. The van der Waals surface area contributed by atoms with E-state index in [9.17, 15) is 9.59 Å². The smallest absolute Gasteiger partial charge is 0.324 e. The van der Waals surface area contributed by atoms with Crippen molar-refractivity contribution in [1.82, 2.24) is 0 Å². The van der Waals surface area contributed by atoms with E-state index in [0.717, 1.165) is 11.1 Å². The Balaban J connectivity index is 2.42. The molecule has 1 aliphatic carbocycles. The molecule has 1 atom stereocenters. The van der Waals surface area contributed by atoms with Gasteiger partial charge in [-0.25, -0.2) is 0 Å². The zero-order valence-electron chi connectivity index (χ0n) is 10.1. The van der Waals surface area contributed by atoms with Crippen LogP contribution in [-0.2, 0) is 9.53 Å². The molecule has 1 unspecified atom stereocenters. The average molecular weight is 234 g/mol. The van der Waals surface area contributed by atoms with E-state index in [1.54, 1.807) is 6.07 Å². The summed E-state index contributed by atoms with van der Waals surface area (Å²) in [7, 11) is 1.30. The highest BCUT2D eigenvalue weighted by atomic mass is 16.5. The molecule has 17 heavy (non-hydrogen) atoms. The molecule has 1 aliphatic rings. The van der Waals surface area contributed by atoms with E-state index in [1.807, 2.05) is 13.8 Å². The van der Waals surface area contributed by atoms with Crippen molar-refractivity contribution >= 4 is 11.8 Å². The third-order valence-electron chi connectivity index (χ3n) is 3.14. The minimum absolute atomic E-state index is 0.241. The highest BCUT2D eigenvalue weighted by Gasteiger charge is 2.63. The van der Waals surface area contributed by atoms with Crippen LogP contribution in [-0.4, -0.2) is 18.9 Å². The number of carbonyl (C=O) groups excluding carboxylic acids is 2. The molecule has 1 heterocycles. The van der Waals surface area contributed by atoms with Crippen LogP contribution in [0.2, 0.25) is 0 Å². The lowest BCUT2D eigenvalue weighted by atomic mass is 9.94. The molecule has 2 rings (SSSR count). The van der Waals surface area contributed by atoms with Gasteiger partial charge in [0, 0.05) is 0 Å². The predicted molar refractivity (Wildman–Crippen MR) is 60.5 cm³/mol. The van der Waals surface area contributed by atoms with Crippen molar-refractivity contribution < 1.29 is 18.7 Å². The Morgan fingerprint density at radius 3 is 2.53 bits per heavy atom. The zero-order chi connectivity index (χ0) is 12.6. The molecule has 1 fully saturated rings. The average Bonchev–Trinajstić information content (AvgIpc) is 2.85. The van der Waals surface area contributed by atoms with Gasteiger partial charge in [0.1, 0.15) is 6.26 Å². The van der Waals surface area contributed by atoms with Crippen molar-refractivity contribution in [2.75, 3.05) is 7.11 Å². The standard InChI is InChI=1S/C13H14O4/c1-8(2)10-6-13(10,12(15)16-3)11(14)9-4-5-17-7-9/h4-5,7H,6H2,1-3H3. The van der Waals surface area contributed by atoms with E-state index in [2.05, 4.69) is 0 Å². The van der Waals surface area contributed by atoms with Crippen molar-refractivity contribution in [1.29, 1.82) is 0 Å². The predicted octanol–water partition coefficient (Wildman–Crippen LogP) is 2.36. The van der Waals surface area contributed by atoms with Gasteiger partial charge in [-0.15, -0.1) is 0 Å². The fraction of sp³-hybridized carbons (Fsp3) is 0.385. The Bertz CT molecular complexity index is 491. The first kappa shape index (κ1) is 11.6. The largest absolute Gasteiger partial charge is 0.472 e. The first-order valence-electron chi connectivity index (χ1n) is 5.36. The van der Waals surface area contributed by atoms with Crippen LogP contribution in [0, 0.1) is 5.41 Å². The van der Waals surface area contributed by atoms with E-state index in [-0.39, 0.29) is 5.78 Å². The molecule has 1 saturated carbocycles. The normalized spacial score (nSPS) is 22.2. The minimum atomic E-state index is -1.10. The summed E-state index contributed by atoms with van der Waals surface area (Å²) >= 11 is 0. The van der Waals surface area contributed by atoms with Crippen LogP contribution in [0.3, 0.4) is 0 Å². The van der Waals surface area contributed by atoms with E-state index in [1.165, 1.54) is 19.6 Å². The van der Waals surface area contributed by atoms with Crippen LogP contribution in [0.25, 0.3) is 0 Å². The van der Waals surface area contributed by atoms with Crippen LogP contribution < -0.4 is 0 Å². The summed E-state index contributed by atoms with van der Waals surface area (Å²) in [6.07, 6.45) is 3.22. The number of Topliss-reactive ketones (excluding diaryl/α,β-unsaturated/α-hetero) is 1. The lowest BCUT2D eigenvalue weighted by Gasteiger charge is -2.10. The maximum atomic E-state index is 12.3. The molecular formula is C13H14O4. The summed E-state index contributed by atoms with van der Waals surface area (Å²) in [5, 5.41) is 0. The second-order valence-corrected chi connectivity index (χ2v) is 4.39. The topological polar surface area (TPSA) is 56.5 Å². The van der Waals surface area contributed by atoms with E-state index in [4.69, 9.17) is 9.15 Å². The van der Waals surface area contributed by atoms with Gasteiger partial charge in [0.05, 0.1) is 18.9 Å². The Hall–Kier alpha value is -1.84. The van der Waals surface area contributed by atoms with Crippen molar-refractivity contribution in [3.63, 3.8) is 0 Å². The number of methoxy groups -OCH3 is 1. The van der Waals surface area contributed by atoms with Gasteiger partial charge in [-0.2, -0.15) is 0 Å². The Morgan fingerprint density at radius 2 is 2.12 bits per heavy atom. The molecule has 0 aromatic carbocycles. The summed E-state index contributed by atoms with van der Waals surface area (Å²) in [5.74, 6) is -0.728. The number of hydrogen-bond donors (Lipinski definition) is 0. The molecule has 0 spiro atoms. The first-order chi connectivity index (χ1) is 8.04. The van der Waals surface area contributed by atoms with Gasteiger partial charge >= 0.3 is 5.97 Å². The maximum absolute atomic E-state index is 12.3. The van der Waals surface area contributed by atoms with E-state index < -0.39 is 11.4 Å². The number of allylic oxidation sites excluding steroid dienone is 1. The van der Waals surface area contributed by atoms with Gasteiger partial charge in [0.15, 0.2) is 11.2 Å². The number of carbonyl (C=O) groups is 2. The maximum Gasteiger partial charge on any atom is 0.324 e. The Kier molecular flexibility index (Phi) is 2.65. The zero-order valence-corrected chi connectivity index (χ0v) is 10.1. The molecular weight excluding hydrogens is 220 g/mol. The first-order valence-corrected chi connectivity index (χ1v) is 5.36. The molecule has 4 nitrogen and oxygen atoms in total. The third kappa shape index (κ3) is 1.60. The fourth-order valence-corrected chi connectivity index (χ4v) is 2.14. The summed E-state index contributed by atoms with van der Waals surface area (Å²) in [6, 6.07) is 1.56. The molecule has 90 valence electrons. The summed E-state index contributed by atoms with van der Waals surface area (Å²) < 4.78 is 9.63. The lowest BCUT2D eigenvalue weighted by Crippen LogP contribution is -2.27. The molecule has 0 saturated heterocycles. The van der Waals surface area contributed by atoms with Crippen LogP contribution >= 0.6 is 0 Å². The van der Waals surface area contributed by atoms with Crippen molar-refractivity contribution in [2.45, 2.75) is 20.3 Å². The molecule has 0 aliphatic heterocycles. The van der Waals surface area contributed by atoms with Gasteiger partial charge in [0.2, 0.25) is 0 Å². The van der Waals surface area contributed by atoms with Gasteiger partial charge < -0.3 is 9.15 Å². The Labute approximate surface area is 99.3 Å². The molecule has 0 radical (unpaired) electrons. The number of ketones is 1. The van der Waals surface area contributed by atoms with Crippen molar-refractivity contribution in [3.8, 4) is 0 Å². The second-order valence-electron chi connectivity index (χ2n) is 4.39. The third-order valence-corrected chi connectivity index (χ3v) is 3.14. The number of furan rings is 1. The molecule has 1 aromatic rings. The van der Waals surface area contributed by atoms with Gasteiger partial charge in [-0.1, -0.05) is 5.57 Å².